The van der Waals surface area contributed by atoms with Crippen LogP contribution in [-0.2, 0) is 22.5 Å². The molecule has 7 nitrogen and oxygen atoms in total. The molecule has 140 valence electrons. The summed E-state index contributed by atoms with van der Waals surface area (Å²) in [6.45, 7) is 10.6. The van der Waals surface area contributed by atoms with Crippen LogP contribution in [0.3, 0.4) is 0 Å². The van der Waals surface area contributed by atoms with E-state index in [4.69, 9.17) is 4.74 Å². The molecule has 1 N–H and O–H groups in total. The quantitative estimate of drug-likeness (QED) is 0.591. The van der Waals surface area contributed by atoms with Crippen LogP contribution in [0.5, 0.6) is 0 Å². The third kappa shape index (κ3) is 4.19. The first-order chi connectivity index (χ1) is 12.4. The van der Waals surface area contributed by atoms with Gasteiger partial charge in [0.25, 0.3) is 0 Å². The number of esters is 1. The molecule has 0 saturated heterocycles. The van der Waals surface area contributed by atoms with Crippen LogP contribution in [0.2, 0.25) is 0 Å². The molecule has 1 amide bonds. The van der Waals surface area contributed by atoms with Crippen molar-refractivity contribution >= 4 is 34.4 Å². The lowest BCUT2D eigenvalue weighted by Crippen LogP contribution is -2.09. The van der Waals surface area contributed by atoms with Crippen molar-refractivity contribution in [3.8, 4) is 0 Å². The van der Waals surface area contributed by atoms with Crippen molar-refractivity contribution in [2.75, 3.05) is 11.9 Å². The lowest BCUT2D eigenvalue weighted by molar-refractivity contribution is -0.111. The van der Waals surface area contributed by atoms with Crippen LogP contribution in [-0.4, -0.2) is 33.2 Å². The highest BCUT2D eigenvalue weighted by atomic mass is 32.1. The number of anilines is 1. The van der Waals surface area contributed by atoms with Crippen molar-refractivity contribution in [1.29, 1.82) is 0 Å². The zero-order valence-corrected chi connectivity index (χ0v) is 16.6. The lowest BCUT2D eigenvalue weighted by Gasteiger charge is -2.05. The van der Waals surface area contributed by atoms with Crippen molar-refractivity contribution in [2.45, 2.75) is 47.6 Å². The van der Waals surface area contributed by atoms with E-state index in [1.165, 1.54) is 17.4 Å². The predicted octanol–water partition coefficient (Wildman–Crippen LogP) is 3.37. The average molecular weight is 376 g/mol. The maximum absolute atomic E-state index is 12.4. The van der Waals surface area contributed by atoms with Crippen LogP contribution < -0.4 is 5.32 Å². The van der Waals surface area contributed by atoms with Crippen LogP contribution in [0.25, 0.3) is 6.08 Å². The van der Waals surface area contributed by atoms with Gasteiger partial charge in [0.05, 0.1) is 12.2 Å². The van der Waals surface area contributed by atoms with Crippen LogP contribution in [0.15, 0.2) is 6.08 Å². The molecular formula is C18H24N4O3S. The Morgan fingerprint density at radius 1 is 1.19 bits per heavy atom. The van der Waals surface area contributed by atoms with Crippen molar-refractivity contribution in [3.05, 3.63) is 33.6 Å². The van der Waals surface area contributed by atoms with E-state index in [-0.39, 0.29) is 11.9 Å². The third-order valence-corrected chi connectivity index (χ3v) is 5.01. The average Bonchev–Trinajstić information content (AvgIpc) is 3.15. The lowest BCUT2D eigenvalue weighted by atomic mass is 10.1. The highest BCUT2D eigenvalue weighted by Crippen LogP contribution is 2.25. The van der Waals surface area contributed by atoms with E-state index in [2.05, 4.69) is 15.5 Å². The Bertz CT molecular complexity index is 836. The fourth-order valence-electron chi connectivity index (χ4n) is 2.80. The van der Waals surface area contributed by atoms with E-state index < -0.39 is 0 Å². The Labute approximate surface area is 157 Å². The summed E-state index contributed by atoms with van der Waals surface area (Å²) in [4.78, 5) is 24.5. The minimum Gasteiger partial charge on any atom is -0.462 e. The summed E-state index contributed by atoms with van der Waals surface area (Å²) in [5.74, 6) is -0.697. The first kappa shape index (κ1) is 19.8. The third-order valence-electron chi connectivity index (χ3n) is 4.03. The molecule has 0 unspecified atom stereocenters. The number of aromatic nitrogens is 3. The number of hydrogen-bond donors (Lipinski definition) is 1. The largest absolute Gasteiger partial charge is 0.462 e. The van der Waals surface area contributed by atoms with Gasteiger partial charge in [-0.3, -0.25) is 10.1 Å². The topological polar surface area (TPSA) is 86.1 Å². The number of aryl methyl sites for hydroxylation is 1. The van der Waals surface area contributed by atoms with Crippen molar-refractivity contribution in [3.63, 3.8) is 0 Å². The first-order valence-corrected chi connectivity index (χ1v) is 9.42. The normalized spacial score (nSPS) is 11.1. The fraction of sp³-hybridized carbons (Fsp3) is 0.444. The van der Waals surface area contributed by atoms with Crippen molar-refractivity contribution in [1.82, 2.24) is 14.8 Å². The molecule has 0 atom stereocenters. The van der Waals surface area contributed by atoms with Crippen LogP contribution in [0.1, 0.15) is 53.1 Å². The molecule has 0 radical (unpaired) electrons. The van der Waals surface area contributed by atoms with Gasteiger partial charge >= 0.3 is 5.97 Å². The molecular weight excluding hydrogens is 352 g/mol. The number of nitrogens with one attached hydrogen (secondary N) is 1. The molecule has 0 spiro atoms. The highest BCUT2D eigenvalue weighted by molar-refractivity contribution is 7.15. The molecule has 2 aromatic rings. The summed E-state index contributed by atoms with van der Waals surface area (Å²) in [5.41, 5.74) is 2.95. The summed E-state index contributed by atoms with van der Waals surface area (Å²) in [6.07, 6.45) is 3.82. The second-order valence-electron chi connectivity index (χ2n) is 5.60. The van der Waals surface area contributed by atoms with E-state index >= 15 is 0 Å². The molecule has 0 aromatic carbocycles. The van der Waals surface area contributed by atoms with Gasteiger partial charge in [-0.15, -0.1) is 10.2 Å². The van der Waals surface area contributed by atoms with Gasteiger partial charge in [0, 0.05) is 29.6 Å². The monoisotopic (exact) mass is 376 g/mol. The van der Waals surface area contributed by atoms with Gasteiger partial charge < -0.3 is 9.30 Å². The molecule has 2 aromatic heterocycles. The second-order valence-corrected chi connectivity index (χ2v) is 6.66. The van der Waals surface area contributed by atoms with E-state index in [0.29, 0.717) is 22.9 Å². The summed E-state index contributed by atoms with van der Waals surface area (Å²) < 4.78 is 7.21. The number of amides is 1. The molecule has 0 aliphatic heterocycles. The Hall–Kier alpha value is -2.48. The molecule has 26 heavy (non-hydrogen) atoms. The maximum Gasteiger partial charge on any atom is 0.340 e. The minimum absolute atomic E-state index is 0.301. The Morgan fingerprint density at radius 2 is 1.92 bits per heavy atom. The Morgan fingerprint density at radius 3 is 2.50 bits per heavy atom. The molecule has 8 heteroatoms. The maximum atomic E-state index is 12.4. The number of nitrogens with zero attached hydrogens (tertiary/aromatic N) is 3. The molecule has 0 aliphatic rings. The van der Waals surface area contributed by atoms with Crippen molar-refractivity contribution in [2.24, 2.45) is 0 Å². The summed E-state index contributed by atoms with van der Waals surface area (Å²) in [6, 6.07) is 0. The number of carbonyl (C=O) groups excluding carboxylic acids is 2. The fourth-order valence-corrected chi connectivity index (χ4v) is 3.48. The van der Waals surface area contributed by atoms with Crippen LogP contribution >= 0.6 is 11.3 Å². The summed E-state index contributed by atoms with van der Waals surface area (Å²) >= 11 is 1.34. The second kappa shape index (κ2) is 8.75. The van der Waals surface area contributed by atoms with Gasteiger partial charge in [0.1, 0.15) is 5.01 Å². The van der Waals surface area contributed by atoms with Gasteiger partial charge in [0.2, 0.25) is 11.0 Å². The van der Waals surface area contributed by atoms with Gasteiger partial charge in [-0.05, 0) is 40.2 Å². The predicted molar refractivity (Wildman–Crippen MR) is 102 cm³/mol. The Kier molecular flexibility index (Phi) is 6.68. The van der Waals surface area contributed by atoms with Gasteiger partial charge in [-0.1, -0.05) is 18.3 Å². The molecule has 2 rings (SSSR count). The minimum atomic E-state index is -0.378. The number of carbonyl (C=O) groups is 2. The van der Waals surface area contributed by atoms with Gasteiger partial charge in [-0.2, -0.15) is 0 Å². The molecule has 0 saturated carbocycles. The van der Waals surface area contributed by atoms with Crippen LogP contribution in [0.4, 0.5) is 5.13 Å². The molecule has 2 heterocycles. The smallest absolute Gasteiger partial charge is 0.340 e. The molecule has 0 bridgehead atoms. The Balaban J connectivity index is 2.27. The zero-order valence-electron chi connectivity index (χ0n) is 15.8. The van der Waals surface area contributed by atoms with Gasteiger partial charge in [-0.25, -0.2) is 4.79 Å². The summed E-state index contributed by atoms with van der Waals surface area (Å²) in [7, 11) is 0. The zero-order chi connectivity index (χ0) is 19.3. The SMILES string of the molecule is CCOC(=O)c1c(/C=C/C(=O)Nc2nnc(CC)s2)c(C)n(CC)c1C. The highest BCUT2D eigenvalue weighted by Gasteiger charge is 2.22. The number of hydrogen-bond acceptors (Lipinski definition) is 6. The van der Waals surface area contributed by atoms with E-state index in [1.807, 2.05) is 32.3 Å². The van der Waals surface area contributed by atoms with E-state index in [9.17, 15) is 9.59 Å². The number of ether oxygens (including phenoxy) is 1. The van der Waals surface area contributed by atoms with Crippen molar-refractivity contribution < 1.29 is 14.3 Å². The molecule has 0 aliphatic carbocycles. The van der Waals surface area contributed by atoms with Gasteiger partial charge in [0.15, 0.2) is 0 Å². The first-order valence-electron chi connectivity index (χ1n) is 8.61. The van der Waals surface area contributed by atoms with Crippen LogP contribution in [0, 0.1) is 13.8 Å². The van der Waals surface area contributed by atoms with E-state index in [1.54, 1.807) is 13.0 Å². The summed E-state index contributed by atoms with van der Waals surface area (Å²) in [5, 5.41) is 11.9. The standard InChI is InChI=1S/C18H24N4O3S/c1-6-15-20-21-18(26-15)19-14(23)10-9-13-11(4)22(7-2)12(5)16(13)17(24)25-8-3/h9-10H,6-8H2,1-5H3,(H,19,21,23)/b10-9+. The molecule has 0 fully saturated rings. The number of rotatable bonds is 7. The van der Waals surface area contributed by atoms with E-state index in [0.717, 1.165) is 29.4 Å².